The van der Waals surface area contributed by atoms with Crippen molar-refractivity contribution in [3.05, 3.63) is 381 Å². The van der Waals surface area contributed by atoms with Crippen LogP contribution in [0.5, 0.6) is 23.0 Å². The van der Waals surface area contributed by atoms with Crippen LogP contribution in [0.1, 0.15) is 192 Å². The van der Waals surface area contributed by atoms with Crippen LogP contribution in [0.4, 0.5) is 39.8 Å². The van der Waals surface area contributed by atoms with E-state index in [4.69, 9.17) is 39.4 Å². The second-order valence-corrected chi connectivity index (χ2v) is 37.1. The fourth-order valence-corrected chi connectivity index (χ4v) is 19.2. The summed E-state index contributed by atoms with van der Waals surface area (Å²) in [5.74, 6) is -0.238. The number of anilines is 7. The normalized spacial score (nSPS) is 13.7. The van der Waals surface area contributed by atoms with Crippen LogP contribution in [0, 0.1) is 6.92 Å². The molecule has 4 aliphatic heterocycles. The van der Waals surface area contributed by atoms with Crippen LogP contribution in [-0.4, -0.2) is 121 Å². The lowest BCUT2D eigenvalue weighted by atomic mass is 10.1. The highest BCUT2D eigenvalue weighted by molar-refractivity contribution is 8.10. The second kappa shape index (κ2) is 53.3. The number of rotatable bonds is 25. The van der Waals surface area contributed by atoms with Crippen molar-refractivity contribution in [1.82, 2.24) is 0 Å². The molecule has 4 saturated heterocycles. The van der Waals surface area contributed by atoms with E-state index >= 15 is 0 Å². The highest BCUT2D eigenvalue weighted by Crippen LogP contribution is 2.35. The number of phenolic OH excluding ortho intramolecular Hbond substituents is 3. The molecule has 4 heterocycles. The average Bonchev–Trinajstić information content (AvgIpc) is 0.746. The molecule has 16 rings (SSSR count). The van der Waals surface area contributed by atoms with Crippen LogP contribution in [-0.2, 0) is 20.0 Å². The highest BCUT2D eigenvalue weighted by atomic mass is 35.5. The van der Waals surface area contributed by atoms with E-state index in [0.29, 0.717) is 37.5 Å². The molecule has 0 atom stereocenters. The fourth-order valence-electron chi connectivity index (χ4n) is 15.3. The number of sulfonamides is 2. The molecule has 12 aromatic carbocycles. The summed E-state index contributed by atoms with van der Waals surface area (Å²) in [6.45, 7) is 10.9. The first kappa shape index (κ1) is 108. The molecule has 4 aliphatic rings. The molecule has 0 aliphatic carbocycles. The van der Waals surface area contributed by atoms with Gasteiger partial charge in [-0.15, -0.1) is 0 Å². The van der Waals surface area contributed by atoms with Crippen molar-refractivity contribution in [2.24, 2.45) is 0 Å². The van der Waals surface area contributed by atoms with E-state index in [1.165, 1.54) is 209 Å². The van der Waals surface area contributed by atoms with Gasteiger partial charge in [0.05, 0.1) is 28.2 Å². The summed E-state index contributed by atoms with van der Waals surface area (Å²) in [6, 6.07) is 78.5. The van der Waals surface area contributed by atoms with Gasteiger partial charge in [-0.1, -0.05) is 150 Å². The number of carbonyl (C=O) groups is 5. The van der Waals surface area contributed by atoms with Gasteiger partial charge >= 0.3 is 0 Å². The summed E-state index contributed by atoms with van der Waals surface area (Å²) >= 11 is 11.8. The summed E-state index contributed by atoms with van der Waals surface area (Å²) in [6.07, 6.45) is 31.9. The van der Waals surface area contributed by atoms with Crippen LogP contribution in [0.3, 0.4) is 0 Å². The fraction of sp³-hybridized carbons (Fsp3) is 0.230. The third-order valence-electron chi connectivity index (χ3n) is 22.9. The molecule has 0 saturated carbocycles. The maximum atomic E-state index is 13.7. The number of carbonyl (C=O) groups excluding carboxylic acids is 5. The Balaban J connectivity index is 0.000000213. The number of nitrogen functional groups attached to an aromatic ring is 2. The molecular weight excluding hydrogens is 1800 g/mol. The van der Waals surface area contributed by atoms with Gasteiger partial charge in [0.1, 0.15) is 23.0 Å². The number of ether oxygens (including phenoxy) is 1. The van der Waals surface area contributed by atoms with Gasteiger partial charge in [-0.3, -0.25) is 24.0 Å². The molecule has 24 heteroatoms. The van der Waals surface area contributed by atoms with Crippen molar-refractivity contribution in [2.75, 3.05) is 94.2 Å². The van der Waals surface area contributed by atoms with Gasteiger partial charge in [0, 0.05) is 125 Å². The maximum Gasteiger partial charge on any atom is 0.277 e. The molecule has 7 N–H and O–H groups in total. The molecule has 137 heavy (non-hydrogen) atoms. The lowest BCUT2D eigenvalue weighted by Gasteiger charge is -2.28. The van der Waals surface area contributed by atoms with E-state index in [0.717, 1.165) is 91.8 Å². The monoisotopic (exact) mass is 1920 g/mol. The smallest absolute Gasteiger partial charge is 0.277 e. The minimum atomic E-state index is -4.63. The summed E-state index contributed by atoms with van der Waals surface area (Å²) in [7, 11) is -7.72. The number of nitrogens with two attached hydrogens (primary N) is 2. The van der Waals surface area contributed by atoms with Gasteiger partial charge in [0.25, 0.3) is 20.0 Å². The first-order valence-electron chi connectivity index (χ1n) is 44.3. The number of aromatic hydroxyl groups is 3. The summed E-state index contributed by atoms with van der Waals surface area (Å²) in [5.41, 5.74) is 25.4. The number of hydrogen-bond donors (Lipinski definition) is 5. The Morgan fingerprint density at radius 3 is 1.02 bits per heavy atom. The second-order valence-electron chi connectivity index (χ2n) is 32.4. The average molecular weight is 1920 g/mol. The molecular formula is C113H125Cl2N7O13S2. The van der Waals surface area contributed by atoms with Crippen molar-refractivity contribution in [3.63, 3.8) is 0 Å². The van der Waals surface area contributed by atoms with Gasteiger partial charge in [-0.05, 0) is 354 Å². The Hall–Kier alpha value is -14.0. The molecule has 716 valence electrons. The van der Waals surface area contributed by atoms with E-state index in [9.17, 15) is 56.1 Å². The topological polar surface area (TPSA) is 292 Å². The van der Waals surface area contributed by atoms with E-state index in [1.807, 2.05) is 61.5 Å². The van der Waals surface area contributed by atoms with Gasteiger partial charge < -0.3 is 51.1 Å². The predicted octanol–water partition coefficient (Wildman–Crippen LogP) is 25.9. The third-order valence-corrected chi connectivity index (χ3v) is 27.6. The van der Waals surface area contributed by atoms with Crippen molar-refractivity contribution in [3.8, 4) is 23.0 Å². The largest absolute Gasteiger partial charge is 0.508 e. The Labute approximate surface area is 819 Å². The number of allylic oxidation sites excluding steroid dienone is 5. The number of benzene rings is 12. The van der Waals surface area contributed by atoms with Gasteiger partial charge in [-0.25, -0.2) is 16.8 Å². The number of methoxy groups -OCH3 is 1. The molecule has 20 nitrogen and oxygen atoms in total. The molecule has 0 aromatic heterocycles. The van der Waals surface area contributed by atoms with E-state index < -0.39 is 20.0 Å². The Morgan fingerprint density at radius 2 is 0.672 bits per heavy atom. The molecule has 0 spiro atoms. The van der Waals surface area contributed by atoms with Crippen LogP contribution >= 0.6 is 23.2 Å². The zero-order valence-electron chi connectivity index (χ0n) is 74.4. The van der Waals surface area contributed by atoms with Gasteiger partial charge in [0.2, 0.25) is 0 Å². The van der Waals surface area contributed by atoms with E-state index in [-0.39, 0.29) is 113 Å². The lowest BCUT2D eigenvalue weighted by Crippen LogP contribution is -2.37. The third kappa shape index (κ3) is 31.8. The number of ketones is 5. The van der Waals surface area contributed by atoms with Gasteiger partial charge in [-0.2, -0.15) is 3.71 Å². The Kier molecular flexibility index (Phi) is 42.1. The van der Waals surface area contributed by atoms with Crippen LogP contribution in [0.25, 0.3) is 30.4 Å². The van der Waals surface area contributed by atoms with Crippen molar-refractivity contribution in [2.45, 2.75) is 123 Å². The molecule has 0 radical (unpaired) electrons. The van der Waals surface area contributed by atoms with Gasteiger partial charge in [0.15, 0.2) is 28.9 Å². The minimum Gasteiger partial charge on any atom is -0.508 e. The van der Waals surface area contributed by atoms with Crippen LogP contribution in [0.15, 0.2) is 319 Å². The standard InChI is InChI=1S/C29H23Cl2NO6S2.2C20H22N2O.C20H21NO3.C20H21NO2.4CH4/c1-20-3-13-26(38-2)19-22(20)6-18-29(33)21-4-11-25(12-5-21)32(39(34,35)27-14-7-23(30)8-15-27)40(36,37)28-16-9-24(31)10-17-28;21-18-9-7-17(8-10-18)20(23)13-6-16-4-11-19(12-5-16)22-14-2-1-3-15-22;21-18-6-4-5-17(15-18)20(23)12-9-16-7-10-19(11-8-16)22-13-2-1-3-14-22;22-17-9-10-18(20(24)14-17)19(23)11-6-15-4-7-16(8-5-15)21-12-2-1-3-13-21;22-19-11-7-17(8-12-19)20(23)13-6-16-4-9-18(10-5-16)21-14-2-1-3-15-21;;;;/h3-19H,1-2H3;4-13H,1-3,14-15,21H2;4-12,15H,1-3,13-14,21H2;4-11,14,22,24H,1-3,12-13H2;4-13,22H,1-3,14-15H2;4*1H4/b18-6+;13-6+;12-9+;11-6+;13-6+;;;;. The summed E-state index contributed by atoms with van der Waals surface area (Å²) in [5, 5.41) is 28.8. The van der Waals surface area contributed by atoms with Crippen molar-refractivity contribution >= 4 is 142 Å². The first-order valence-corrected chi connectivity index (χ1v) is 48.0. The number of aryl methyl sites for hydroxylation is 1. The maximum absolute atomic E-state index is 13.7. The summed E-state index contributed by atoms with van der Waals surface area (Å²) < 4.78 is 60.3. The van der Waals surface area contributed by atoms with Crippen LogP contribution < -0.4 is 39.5 Å². The number of halogens is 2. The Bertz CT molecular complexity index is 6130. The number of nitrogens with zero attached hydrogens (tertiary/aromatic N) is 5. The number of piperidine rings is 4. The quantitative estimate of drug-likeness (QED) is 0.0202. The highest BCUT2D eigenvalue weighted by Gasteiger charge is 2.37. The molecule has 4 fully saturated rings. The van der Waals surface area contributed by atoms with Crippen LogP contribution in [0.2, 0.25) is 10.0 Å². The van der Waals surface area contributed by atoms with Crippen molar-refractivity contribution in [1.29, 1.82) is 0 Å². The molecule has 0 unspecified atom stereocenters. The van der Waals surface area contributed by atoms with E-state index in [2.05, 4.69) is 92.4 Å². The first-order chi connectivity index (χ1) is 64.2. The zero-order valence-corrected chi connectivity index (χ0v) is 77.5. The number of phenols is 3. The zero-order chi connectivity index (χ0) is 94.2. The predicted molar refractivity (Wildman–Crippen MR) is 567 cm³/mol. The number of hydrogen-bond acceptors (Lipinski definition) is 19. The summed E-state index contributed by atoms with van der Waals surface area (Å²) in [4.78, 5) is 70.4. The SMILES string of the molecule is C.C.C.C.COc1ccc(C)c(/C=C/C(=O)c2ccc(N(S(=O)(=O)c3ccc(Cl)cc3)S(=O)(=O)c3ccc(Cl)cc3)cc2)c1.Nc1ccc(C(=O)/C=C/c2ccc(N3CCCCC3)cc2)cc1.Nc1cccc(C(=O)/C=C/c2ccc(N3CCCCC3)cc2)c1.O=C(/C=C/c1ccc(N2CCCCC2)cc1)c1ccc(O)cc1.O=C(/C=C/c1ccc(N2CCCCC2)cc1)c1ccc(O)cc1O. The van der Waals surface area contributed by atoms with Crippen molar-refractivity contribution < 1.29 is 60.9 Å². The molecule has 0 bridgehead atoms. The molecule has 12 aromatic rings. The minimum absolute atomic E-state index is 0. The lowest BCUT2D eigenvalue weighted by molar-refractivity contribution is 0.103. The Morgan fingerprint density at radius 1 is 0.343 bits per heavy atom. The van der Waals surface area contributed by atoms with E-state index in [1.54, 1.807) is 104 Å². The molecule has 0 amide bonds.